The van der Waals surface area contributed by atoms with Gasteiger partial charge in [0.2, 0.25) is 17.7 Å². The first kappa shape index (κ1) is 30.8. The van der Waals surface area contributed by atoms with Crippen molar-refractivity contribution in [3.05, 3.63) is 60.2 Å². The van der Waals surface area contributed by atoms with E-state index in [0.29, 0.717) is 6.42 Å². The topological polar surface area (TPSA) is 108 Å². The second-order valence-electron chi connectivity index (χ2n) is 10.6. The average Bonchev–Trinajstić information content (AvgIpc) is 2.95. The number of carbonyl (C=O) groups is 4. The molecule has 1 aliphatic heterocycles. The molecule has 1 aliphatic rings. The largest absolute Gasteiger partial charge is 0.466 e. The Morgan fingerprint density at radius 2 is 1.70 bits per heavy atom. The number of esters is 1. The van der Waals surface area contributed by atoms with Gasteiger partial charge in [0.15, 0.2) is 0 Å². The zero-order chi connectivity index (χ0) is 29.1. The van der Waals surface area contributed by atoms with Crippen molar-refractivity contribution in [2.75, 3.05) is 39.8 Å². The minimum absolute atomic E-state index is 0.0368. The third kappa shape index (κ3) is 8.91. The van der Waals surface area contributed by atoms with Gasteiger partial charge in [-0.3, -0.25) is 19.3 Å². The summed E-state index contributed by atoms with van der Waals surface area (Å²) in [5.41, 5.74) is 1.29. The van der Waals surface area contributed by atoms with Crippen molar-refractivity contribution >= 4 is 34.5 Å². The summed E-state index contributed by atoms with van der Waals surface area (Å²) >= 11 is 0. The van der Waals surface area contributed by atoms with Crippen LogP contribution in [0.5, 0.6) is 0 Å². The molecule has 1 unspecified atom stereocenters. The summed E-state index contributed by atoms with van der Waals surface area (Å²) in [6.07, 6.45) is 4.60. The van der Waals surface area contributed by atoms with Crippen LogP contribution in [0.25, 0.3) is 10.8 Å². The van der Waals surface area contributed by atoms with Crippen molar-refractivity contribution in [1.82, 2.24) is 20.4 Å². The Balaban J connectivity index is 1.56. The molecule has 0 saturated carbocycles. The van der Waals surface area contributed by atoms with Gasteiger partial charge in [0.25, 0.3) is 0 Å². The van der Waals surface area contributed by atoms with Crippen LogP contribution in [0.3, 0.4) is 0 Å². The van der Waals surface area contributed by atoms with E-state index >= 15 is 0 Å². The van der Waals surface area contributed by atoms with Crippen molar-refractivity contribution < 1.29 is 23.9 Å². The molecule has 3 rings (SSSR count). The summed E-state index contributed by atoms with van der Waals surface area (Å²) < 4.78 is 4.49. The van der Waals surface area contributed by atoms with Gasteiger partial charge in [-0.15, -0.1) is 0 Å². The van der Waals surface area contributed by atoms with Crippen LogP contribution < -0.4 is 10.6 Å². The van der Waals surface area contributed by atoms with Crippen molar-refractivity contribution in [1.29, 1.82) is 0 Å². The highest BCUT2D eigenvalue weighted by Crippen LogP contribution is 2.31. The minimum Gasteiger partial charge on any atom is -0.466 e. The summed E-state index contributed by atoms with van der Waals surface area (Å²) in [4.78, 5) is 53.2. The number of rotatable bonds is 12. The van der Waals surface area contributed by atoms with Gasteiger partial charge in [-0.1, -0.05) is 62.4 Å². The highest BCUT2D eigenvalue weighted by atomic mass is 16.5. The number of nitrogens with zero attached hydrogens (tertiary/aromatic N) is 2. The Hall–Kier alpha value is -3.72. The van der Waals surface area contributed by atoms with Crippen LogP contribution in [-0.4, -0.2) is 79.4 Å². The fraction of sp³-hybridized carbons (Fsp3) is 0.484. The molecule has 1 atom stereocenters. The fourth-order valence-electron chi connectivity index (χ4n) is 5.13. The molecule has 2 aromatic rings. The molecule has 0 aromatic heterocycles. The number of ether oxygens (including phenoxy) is 1. The molecule has 0 bridgehead atoms. The van der Waals surface area contributed by atoms with Crippen LogP contribution in [0.15, 0.2) is 54.6 Å². The number of benzene rings is 2. The summed E-state index contributed by atoms with van der Waals surface area (Å²) in [5, 5.41) is 7.69. The molecule has 2 aromatic carbocycles. The SMILES string of the molecule is COC(=O)/C=C/CNC(=O)CNC(=O)CN(C(=O)CC(C)C)C1CCN(C(C)c2cccc3ccccc23)CC1. The maximum Gasteiger partial charge on any atom is 0.330 e. The lowest BCUT2D eigenvalue weighted by Crippen LogP contribution is -2.51. The second kappa shape index (κ2) is 15.2. The predicted octanol–water partition coefficient (Wildman–Crippen LogP) is 3.20. The lowest BCUT2D eigenvalue weighted by molar-refractivity contribution is -0.140. The lowest BCUT2D eigenvalue weighted by atomic mass is 9.95. The van der Waals surface area contributed by atoms with E-state index in [-0.39, 0.29) is 49.5 Å². The van der Waals surface area contributed by atoms with Crippen molar-refractivity contribution in [2.24, 2.45) is 5.92 Å². The third-order valence-electron chi connectivity index (χ3n) is 7.30. The quantitative estimate of drug-likeness (QED) is 0.310. The van der Waals surface area contributed by atoms with Gasteiger partial charge in [0, 0.05) is 44.2 Å². The molecule has 216 valence electrons. The summed E-state index contributed by atoms with van der Waals surface area (Å²) in [5.74, 6) is -1.14. The summed E-state index contributed by atoms with van der Waals surface area (Å²) in [6.45, 7) is 7.70. The van der Waals surface area contributed by atoms with E-state index in [9.17, 15) is 19.2 Å². The minimum atomic E-state index is -0.512. The molecular formula is C31H42N4O5. The smallest absolute Gasteiger partial charge is 0.330 e. The Kier molecular flexibility index (Phi) is 11.7. The maximum absolute atomic E-state index is 13.2. The number of hydrogen-bond donors (Lipinski definition) is 2. The molecule has 3 amide bonds. The monoisotopic (exact) mass is 550 g/mol. The predicted molar refractivity (Wildman–Crippen MR) is 155 cm³/mol. The van der Waals surface area contributed by atoms with E-state index in [1.165, 1.54) is 35.6 Å². The van der Waals surface area contributed by atoms with Crippen LogP contribution in [0, 0.1) is 5.92 Å². The Labute approximate surface area is 236 Å². The zero-order valence-corrected chi connectivity index (χ0v) is 24.0. The maximum atomic E-state index is 13.2. The van der Waals surface area contributed by atoms with Crippen LogP contribution >= 0.6 is 0 Å². The number of fused-ring (bicyclic) bond motifs is 1. The highest BCUT2D eigenvalue weighted by molar-refractivity contribution is 5.89. The van der Waals surface area contributed by atoms with Gasteiger partial charge in [-0.05, 0) is 42.0 Å². The van der Waals surface area contributed by atoms with Crippen LogP contribution in [0.1, 0.15) is 51.6 Å². The van der Waals surface area contributed by atoms with Gasteiger partial charge >= 0.3 is 5.97 Å². The van der Waals surface area contributed by atoms with Gasteiger partial charge in [-0.2, -0.15) is 0 Å². The molecule has 0 spiro atoms. The van der Waals surface area contributed by atoms with E-state index < -0.39 is 11.9 Å². The van der Waals surface area contributed by atoms with E-state index in [0.717, 1.165) is 25.9 Å². The van der Waals surface area contributed by atoms with Gasteiger partial charge < -0.3 is 20.3 Å². The van der Waals surface area contributed by atoms with Gasteiger partial charge in [-0.25, -0.2) is 4.79 Å². The van der Waals surface area contributed by atoms with Gasteiger partial charge in [0.1, 0.15) is 0 Å². The average molecular weight is 551 g/mol. The first-order chi connectivity index (χ1) is 19.2. The molecule has 40 heavy (non-hydrogen) atoms. The first-order valence-corrected chi connectivity index (χ1v) is 14.0. The number of amides is 3. The van der Waals surface area contributed by atoms with Crippen LogP contribution in [-0.2, 0) is 23.9 Å². The van der Waals surface area contributed by atoms with Crippen LogP contribution in [0.2, 0.25) is 0 Å². The lowest BCUT2D eigenvalue weighted by Gasteiger charge is -2.41. The van der Waals surface area contributed by atoms with Crippen molar-refractivity contribution in [3.8, 4) is 0 Å². The summed E-state index contributed by atoms with van der Waals surface area (Å²) in [7, 11) is 1.27. The number of piperidine rings is 1. The van der Waals surface area contributed by atoms with E-state index in [1.807, 2.05) is 13.8 Å². The molecule has 1 saturated heterocycles. The van der Waals surface area contributed by atoms with E-state index in [2.05, 4.69) is 69.7 Å². The number of likely N-dealkylation sites (tertiary alicyclic amines) is 1. The molecule has 0 radical (unpaired) electrons. The van der Waals surface area contributed by atoms with E-state index in [4.69, 9.17) is 0 Å². The first-order valence-electron chi connectivity index (χ1n) is 14.0. The van der Waals surface area contributed by atoms with Gasteiger partial charge in [0.05, 0.1) is 20.2 Å². The number of carbonyl (C=O) groups excluding carboxylic acids is 4. The molecule has 1 fully saturated rings. The molecule has 2 N–H and O–H groups in total. The molecule has 9 nitrogen and oxygen atoms in total. The Bertz CT molecular complexity index is 1200. The second-order valence-corrected chi connectivity index (χ2v) is 10.6. The highest BCUT2D eigenvalue weighted by Gasteiger charge is 2.31. The number of methoxy groups -OCH3 is 1. The number of hydrogen-bond acceptors (Lipinski definition) is 6. The van der Waals surface area contributed by atoms with Crippen molar-refractivity contribution in [2.45, 2.75) is 52.1 Å². The Morgan fingerprint density at radius 3 is 2.40 bits per heavy atom. The molecule has 9 heteroatoms. The standard InChI is InChI=1S/C31H42N4O5/c1-22(2)19-30(38)35(21-29(37)33-20-28(36)32-16-8-13-31(39)40-4)25-14-17-34(18-15-25)23(3)26-12-7-10-24-9-5-6-11-27(24)26/h5-13,22-23,25H,14-21H2,1-4H3,(H,32,36)(H,33,37)/b13-8+. The normalized spacial score (nSPS) is 15.2. The summed E-state index contributed by atoms with van der Waals surface area (Å²) in [6, 6.07) is 15.0. The Morgan fingerprint density at radius 1 is 1.00 bits per heavy atom. The molecular weight excluding hydrogens is 508 g/mol. The van der Waals surface area contributed by atoms with Crippen molar-refractivity contribution in [3.63, 3.8) is 0 Å². The molecule has 1 heterocycles. The zero-order valence-electron chi connectivity index (χ0n) is 24.0. The fourth-order valence-corrected chi connectivity index (χ4v) is 5.13. The third-order valence-corrected chi connectivity index (χ3v) is 7.30. The van der Waals surface area contributed by atoms with E-state index in [1.54, 1.807) is 4.90 Å². The number of nitrogens with one attached hydrogen (secondary N) is 2. The molecule has 0 aliphatic carbocycles. The van der Waals surface area contributed by atoms with Crippen LogP contribution in [0.4, 0.5) is 0 Å².